The van der Waals surface area contributed by atoms with Gasteiger partial charge in [0.2, 0.25) is 10.0 Å². The van der Waals surface area contributed by atoms with E-state index in [1.807, 2.05) is 6.07 Å². The molecular formula is C15H16ClN3O4S2. The molecule has 1 unspecified atom stereocenters. The Hall–Kier alpha value is -1.55. The van der Waals surface area contributed by atoms with E-state index in [-0.39, 0.29) is 0 Å². The van der Waals surface area contributed by atoms with Gasteiger partial charge in [0.25, 0.3) is 5.56 Å². The van der Waals surface area contributed by atoms with Crippen molar-refractivity contribution in [1.29, 1.82) is 0 Å². The Balaban J connectivity index is 2.04. The van der Waals surface area contributed by atoms with E-state index in [9.17, 15) is 18.0 Å². The number of thioether (sulfide) groups is 1. The molecule has 0 radical (unpaired) electrons. The molecule has 2 aromatic rings. The molecular weight excluding hydrogens is 386 g/mol. The second-order valence-corrected chi connectivity index (χ2v) is 9.00. The Labute approximate surface area is 153 Å². The molecule has 10 heteroatoms. The van der Waals surface area contributed by atoms with Gasteiger partial charge in [0.15, 0.2) is 4.90 Å². The van der Waals surface area contributed by atoms with E-state index < -0.39 is 32.2 Å². The zero-order valence-electron chi connectivity index (χ0n) is 13.5. The minimum atomic E-state index is -4.10. The van der Waals surface area contributed by atoms with Crippen molar-refractivity contribution in [3.63, 3.8) is 0 Å². The van der Waals surface area contributed by atoms with Crippen molar-refractivity contribution in [2.45, 2.75) is 22.3 Å². The van der Waals surface area contributed by atoms with Crippen molar-refractivity contribution >= 4 is 33.4 Å². The highest BCUT2D eigenvalue weighted by atomic mass is 35.5. The van der Waals surface area contributed by atoms with Crippen LogP contribution in [0.25, 0.3) is 0 Å². The van der Waals surface area contributed by atoms with Gasteiger partial charge in [-0.25, -0.2) is 17.9 Å². The van der Waals surface area contributed by atoms with Crippen LogP contribution in [-0.4, -0.2) is 23.3 Å². The van der Waals surface area contributed by atoms with E-state index in [4.69, 9.17) is 11.6 Å². The maximum absolute atomic E-state index is 12.8. The number of fused-ring (bicyclic) bond motifs is 1. The summed E-state index contributed by atoms with van der Waals surface area (Å²) in [5.41, 5.74) is -0.656. The number of hydrogen-bond acceptors (Lipinski definition) is 5. The van der Waals surface area contributed by atoms with E-state index in [0.29, 0.717) is 11.4 Å². The second-order valence-electron chi connectivity index (χ2n) is 5.74. The number of aromatic nitrogens is 2. The van der Waals surface area contributed by atoms with Crippen LogP contribution in [0.1, 0.15) is 18.0 Å². The van der Waals surface area contributed by atoms with Gasteiger partial charge in [-0.1, -0.05) is 11.6 Å². The third-order valence-electron chi connectivity index (χ3n) is 4.01. The summed E-state index contributed by atoms with van der Waals surface area (Å²) in [6.45, 7) is 0. The molecule has 0 aliphatic carbocycles. The maximum atomic E-state index is 12.8. The normalized spacial score (nSPS) is 17.3. The van der Waals surface area contributed by atoms with E-state index in [1.54, 1.807) is 23.9 Å². The molecule has 1 aliphatic heterocycles. The first-order chi connectivity index (χ1) is 11.7. The van der Waals surface area contributed by atoms with Crippen LogP contribution in [0.4, 0.5) is 0 Å². The minimum Gasteiger partial charge on any atom is -0.302 e. The maximum Gasteiger partial charge on any atom is 0.330 e. The van der Waals surface area contributed by atoms with E-state index in [0.717, 1.165) is 31.5 Å². The fraction of sp³-hybridized carbons (Fsp3) is 0.333. The lowest BCUT2D eigenvalue weighted by Gasteiger charge is -2.26. The summed E-state index contributed by atoms with van der Waals surface area (Å²) >= 11 is 7.66. The topological polar surface area (TPSA) is 90.2 Å². The Bertz CT molecular complexity index is 1060. The van der Waals surface area contributed by atoms with Gasteiger partial charge in [-0.05, 0) is 35.9 Å². The molecule has 0 fully saturated rings. The lowest BCUT2D eigenvalue weighted by molar-refractivity contribution is 0.539. The standard InChI is InChI=1S/C15H16ClN3O4S2/c1-18-8-13(14(20)19(2)15(18)21)25(22,23)17-11-5-6-24-12-4-3-9(16)7-10(11)12/h3-4,7-8,11,17H,5-6H2,1-2H3. The minimum absolute atomic E-state index is 0.459. The molecule has 0 bridgehead atoms. The van der Waals surface area contributed by atoms with Crippen LogP contribution in [0.5, 0.6) is 0 Å². The third-order valence-corrected chi connectivity index (χ3v) is 6.82. The average Bonchev–Trinajstić information content (AvgIpc) is 2.56. The number of sulfonamides is 1. The highest BCUT2D eigenvalue weighted by molar-refractivity contribution is 7.99. The van der Waals surface area contributed by atoms with Gasteiger partial charge >= 0.3 is 5.69 Å². The van der Waals surface area contributed by atoms with Crippen LogP contribution in [0, 0.1) is 0 Å². The van der Waals surface area contributed by atoms with E-state index >= 15 is 0 Å². The SMILES string of the molecule is Cn1cc(S(=O)(=O)NC2CCSc3ccc(Cl)cc32)c(=O)n(C)c1=O. The number of nitrogens with zero attached hydrogens (tertiary/aromatic N) is 2. The van der Waals surface area contributed by atoms with Crippen molar-refractivity contribution < 1.29 is 8.42 Å². The first kappa shape index (κ1) is 18.2. The molecule has 0 saturated heterocycles. The third kappa shape index (κ3) is 3.41. The molecule has 0 saturated carbocycles. The molecule has 1 aromatic carbocycles. The van der Waals surface area contributed by atoms with Gasteiger partial charge in [-0.15, -0.1) is 11.8 Å². The largest absolute Gasteiger partial charge is 0.330 e. The first-order valence-electron chi connectivity index (χ1n) is 7.42. The summed E-state index contributed by atoms with van der Waals surface area (Å²) in [5, 5.41) is 0.517. The monoisotopic (exact) mass is 401 g/mol. The molecule has 0 spiro atoms. The molecule has 1 aliphatic rings. The fourth-order valence-electron chi connectivity index (χ4n) is 2.70. The summed E-state index contributed by atoms with van der Waals surface area (Å²) in [4.78, 5) is 24.5. The van der Waals surface area contributed by atoms with Crippen LogP contribution < -0.4 is 16.0 Å². The zero-order chi connectivity index (χ0) is 18.4. The van der Waals surface area contributed by atoms with Crippen molar-refractivity contribution in [2.24, 2.45) is 14.1 Å². The average molecular weight is 402 g/mol. The van der Waals surface area contributed by atoms with Gasteiger partial charge in [0, 0.05) is 36.3 Å². The molecule has 7 nitrogen and oxygen atoms in total. The Kier molecular flexibility index (Phi) is 4.84. The predicted molar refractivity (Wildman–Crippen MR) is 96.8 cm³/mol. The van der Waals surface area contributed by atoms with Gasteiger partial charge in [0.05, 0.1) is 0 Å². The van der Waals surface area contributed by atoms with Crippen LogP contribution in [-0.2, 0) is 24.1 Å². The number of nitrogens with one attached hydrogen (secondary N) is 1. The zero-order valence-corrected chi connectivity index (χ0v) is 15.9. The first-order valence-corrected chi connectivity index (χ1v) is 10.3. The lowest BCUT2D eigenvalue weighted by atomic mass is 10.1. The Morgan fingerprint density at radius 2 is 2.00 bits per heavy atom. The molecule has 134 valence electrons. The van der Waals surface area contributed by atoms with Crippen LogP contribution in [0.3, 0.4) is 0 Å². The molecule has 1 aromatic heterocycles. The van der Waals surface area contributed by atoms with Crippen molar-refractivity contribution in [3.05, 3.63) is 55.8 Å². The van der Waals surface area contributed by atoms with Crippen LogP contribution in [0.15, 0.2) is 43.8 Å². The van der Waals surface area contributed by atoms with Gasteiger partial charge in [-0.3, -0.25) is 9.36 Å². The van der Waals surface area contributed by atoms with Crippen LogP contribution in [0.2, 0.25) is 5.02 Å². The summed E-state index contributed by atoms with van der Waals surface area (Å²) in [5.74, 6) is 0.743. The van der Waals surface area contributed by atoms with Gasteiger partial charge in [0.1, 0.15) is 0 Å². The summed E-state index contributed by atoms with van der Waals surface area (Å²) < 4.78 is 29.9. The van der Waals surface area contributed by atoms with Crippen LogP contribution >= 0.6 is 23.4 Å². The number of aryl methyl sites for hydroxylation is 1. The second kappa shape index (κ2) is 6.64. The quantitative estimate of drug-likeness (QED) is 0.836. The van der Waals surface area contributed by atoms with Gasteiger partial charge in [-0.2, -0.15) is 0 Å². The highest BCUT2D eigenvalue weighted by Crippen LogP contribution is 2.38. The predicted octanol–water partition coefficient (Wildman–Crippen LogP) is 1.25. The molecule has 25 heavy (non-hydrogen) atoms. The molecule has 1 N–H and O–H groups in total. The molecule has 1 atom stereocenters. The molecule has 0 amide bonds. The number of hydrogen-bond donors (Lipinski definition) is 1. The molecule has 3 rings (SSSR count). The van der Waals surface area contributed by atoms with E-state index in [1.165, 1.54) is 14.1 Å². The smallest absolute Gasteiger partial charge is 0.302 e. The van der Waals surface area contributed by atoms with Crippen molar-refractivity contribution in [3.8, 4) is 0 Å². The highest BCUT2D eigenvalue weighted by Gasteiger charge is 2.29. The molecule has 2 heterocycles. The fourth-order valence-corrected chi connectivity index (χ4v) is 5.39. The van der Waals surface area contributed by atoms with Gasteiger partial charge < -0.3 is 4.57 Å². The summed E-state index contributed by atoms with van der Waals surface area (Å²) in [7, 11) is -1.46. The number of halogens is 1. The van der Waals surface area contributed by atoms with E-state index in [2.05, 4.69) is 4.72 Å². The lowest BCUT2D eigenvalue weighted by Crippen LogP contribution is -2.42. The number of benzene rings is 1. The summed E-state index contributed by atoms with van der Waals surface area (Å²) in [6, 6.07) is 4.86. The Morgan fingerprint density at radius 1 is 1.28 bits per heavy atom. The number of rotatable bonds is 3. The summed E-state index contributed by atoms with van der Waals surface area (Å²) in [6.07, 6.45) is 1.62. The Morgan fingerprint density at radius 3 is 2.72 bits per heavy atom. The van der Waals surface area contributed by atoms with Crippen molar-refractivity contribution in [2.75, 3.05) is 5.75 Å². The van der Waals surface area contributed by atoms with Crippen molar-refractivity contribution in [1.82, 2.24) is 13.9 Å².